The van der Waals surface area contributed by atoms with Gasteiger partial charge in [-0.05, 0) is 47.5 Å². The Morgan fingerprint density at radius 3 is 2.62 bits per heavy atom. The van der Waals surface area contributed by atoms with Crippen LogP contribution in [0.1, 0.15) is 11.1 Å². The molecule has 3 aromatic rings. The minimum absolute atomic E-state index is 0.00839. The Hall–Kier alpha value is -2.81. The van der Waals surface area contributed by atoms with Crippen LogP contribution in [0.2, 0.25) is 0 Å². The van der Waals surface area contributed by atoms with Crippen LogP contribution in [0.5, 0.6) is 0 Å². The first-order valence-electron chi connectivity index (χ1n) is 7.68. The SMILES string of the molecule is Cc1cccc(C)c1NC(=O)CSc1nnnn1-c1ccc(F)cc1F. The number of nitrogens with one attached hydrogen (secondary N) is 1. The van der Waals surface area contributed by atoms with Crippen molar-refractivity contribution in [3.63, 3.8) is 0 Å². The predicted molar refractivity (Wildman–Crippen MR) is 94.3 cm³/mol. The molecule has 6 nitrogen and oxygen atoms in total. The van der Waals surface area contributed by atoms with E-state index in [9.17, 15) is 13.6 Å². The molecule has 9 heteroatoms. The first-order valence-corrected chi connectivity index (χ1v) is 8.67. The number of para-hydroxylation sites is 1. The highest BCUT2D eigenvalue weighted by molar-refractivity contribution is 7.99. The van der Waals surface area contributed by atoms with E-state index in [1.165, 1.54) is 6.07 Å². The standard InChI is InChI=1S/C17H15F2N5OS/c1-10-4-3-5-11(2)16(10)20-15(25)9-26-17-21-22-23-24(17)14-7-6-12(18)8-13(14)19/h3-8H,9H2,1-2H3,(H,20,25). The third-order valence-electron chi connectivity index (χ3n) is 3.66. The Kier molecular flexibility index (Phi) is 5.27. The quantitative estimate of drug-likeness (QED) is 0.693. The first kappa shape index (κ1) is 18.0. The van der Waals surface area contributed by atoms with Crippen molar-refractivity contribution in [2.24, 2.45) is 0 Å². The summed E-state index contributed by atoms with van der Waals surface area (Å²) in [5, 5.41) is 14.1. The number of tetrazole rings is 1. The highest BCUT2D eigenvalue weighted by Crippen LogP contribution is 2.23. The number of thioether (sulfide) groups is 1. The molecule has 2 aromatic carbocycles. The van der Waals surface area contributed by atoms with E-state index in [0.29, 0.717) is 0 Å². The zero-order chi connectivity index (χ0) is 18.7. The molecule has 1 N–H and O–H groups in total. The summed E-state index contributed by atoms with van der Waals surface area (Å²) in [6.45, 7) is 3.82. The van der Waals surface area contributed by atoms with Crippen molar-refractivity contribution < 1.29 is 13.6 Å². The average molecular weight is 375 g/mol. The molecule has 0 aliphatic heterocycles. The molecule has 1 aromatic heterocycles. The molecule has 26 heavy (non-hydrogen) atoms. The molecule has 0 fully saturated rings. The van der Waals surface area contributed by atoms with E-state index in [0.717, 1.165) is 45.4 Å². The molecule has 134 valence electrons. The van der Waals surface area contributed by atoms with E-state index in [2.05, 4.69) is 20.8 Å². The van der Waals surface area contributed by atoms with E-state index in [-0.39, 0.29) is 22.5 Å². The smallest absolute Gasteiger partial charge is 0.234 e. The van der Waals surface area contributed by atoms with Crippen LogP contribution < -0.4 is 5.32 Å². The maximum Gasteiger partial charge on any atom is 0.234 e. The number of hydrogen-bond donors (Lipinski definition) is 1. The van der Waals surface area contributed by atoms with Crippen LogP contribution in [-0.2, 0) is 4.79 Å². The maximum atomic E-state index is 13.9. The molecule has 0 saturated carbocycles. The first-order chi connectivity index (χ1) is 12.5. The molecular weight excluding hydrogens is 360 g/mol. The second kappa shape index (κ2) is 7.61. The minimum Gasteiger partial charge on any atom is -0.325 e. The molecule has 0 atom stereocenters. The van der Waals surface area contributed by atoms with Gasteiger partial charge in [-0.1, -0.05) is 30.0 Å². The van der Waals surface area contributed by atoms with Crippen LogP contribution in [0.25, 0.3) is 5.69 Å². The number of carbonyl (C=O) groups excluding carboxylic acids is 1. The number of hydrogen-bond acceptors (Lipinski definition) is 5. The van der Waals surface area contributed by atoms with Crippen molar-refractivity contribution in [2.75, 3.05) is 11.1 Å². The summed E-state index contributed by atoms with van der Waals surface area (Å²) >= 11 is 1.05. The summed E-state index contributed by atoms with van der Waals surface area (Å²) in [6.07, 6.45) is 0. The summed E-state index contributed by atoms with van der Waals surface area (Å²) < 4.78 is 28.1. The third-order valence-corrected chi connectivity index (χ3v) is 4.58. The van der Waals surface area contributed by atoms with E-state index >= 15 is 0 Å². The molecule has 0 aliphatic rings. The summed E-state index contributed by atoms with van der Waals surface area (Å²) in [5.74, 6) is -1.68. The van der Waals surface area contributed by atoms with Gasteiger partial charge in [0.15, 0.2) is 5.82 Å². The molecule has 0 radical (unpaired) electrons. The number of rotatable bonds is 5. The number of carbonyl (C=O) groups is 1. The van der Waals surface area contributed by atoms with Gasteiger partial charge in [0.05, 0.1) is 5.75 Å². The zero-order valence-corrected chi connectivity index (χ0v) is 14.8. The van der Waals surface area contributed by atoms with Gasteiger partial charge in [-0.2, -0.15) is 4.68 Å². The minimum atomic E-state index is -0.792. The highest BCUT2D eigenvalue weighted by atomic mass is 32.2. The number of amides is 1. The predicted octanol–water partition coefficient (Wildman–Crippen LogP) is 3.29. The lowest BCUT2D eigenvalue weighted by Gasteiger charge is -2.11. The van der Waals surface area contributed by atoms with Crippen LogP contribution in [0.4, 0.5) is 14.5 Å². The Labute approximate surface area is 152 Å². The Bertz CT molecular complexity index is 940. The lowest BCUT2D eigenvalue weighted by molar-refractivity contribution is -0.113. The normalized spacial score (nSPS) is 10.8. The average Bonchev–Trinajstić information content (AvgIpc) is 3.05. The Morgan fingerprint density at radius 1 is 1.19 bits per heavy atom. The lowest BCUT2D eigenvalue weighted by Crippen LogP contribution is -2.16. The van der Waals surface area contributed by atoms with Gasteiger partial charge in [-0.25, -0.2) is 8.78 Å². The molecular formula is C17H15F2N5OS. The number of anilines is 1. The fourth-order valence-electron chi connectivity index (χ4n) is 2.39. The van der Waals surface area contributed by atoms with E-state index in [1.54, 1.807) is 0 Å². The van der Waals surface area contributed by atoms with Gasteiger partial charge in [0.1, 0.15) is 11.5 Å². The summed E-state index contributed by atoms with van der Waals surface area (Å²) in [7, 11) is 0. The molecule has 0 bridgehead atoms. The molecule has 1 heterocycles. The van der Waals surface area contributed by atoms with Crippen LogP contribution in [-0.4, -0.2) is 31.9 Å². The fraction of sp³-hybridized carbons (Fsp3) is 0.176. The number of halogens is 2. The third kappa shape index (κ3) is 3.88. The van der Waals surface area contributed by atoms with Crippen LogP contribution >= 0.6 is 11.8 Å². The zero-order valence-electron chi connectivity index (χ0n) is 14.0. The Morgan fingerprint density at radius 2 is 1.92 bits per heavy atom. The monoisotopic (exact) mass is 375 g/mol. The van der Waals surface area contributed by atoms with Crippen molar-refractivity contribution in [1.82, 2.24) is 20.2 Å². The topological polar surface area (TPSA) is 72.7 Å². The van der Waals surface area contributed by atoms with Gasteiger partial charge in [-0.15, -0.1) is 5.10 Å². The number of nitrogens with zero attached hydrogens (tertiary/aromatic N) is 4. The van der Waals surface area contributed by atoms with Crippen molar-refractivity contribution in [2.45, 2.75) is 19.0 Å². The van der Waals surface area contributed by atoms with Crippen molar-refractivity contribution in [3.8, 4) is 5.69 Å². The van der Waals surface area contributed by atoms with E-state index in [4.69, 9.17) is 0 Å². The largest absolute Gasteiger partial charge is 0.325 e. The van der Waals surface area contributed by atoms with Crippen LogP contribution in [0.3, 0.4) is 0 Å². The molecule has 0 unspecified atom stereocenters. The summed E-state index contributed by atoms with van der Waals surface area (Å²) in [5.41, 5.74) is 2.69. The van der Waals surface area contributed by atoms with E-state index in [1.807, 2.05) is 32.0 Å². The van der Waals surface area contributed by atoms with Crippen molar-refractivity contribution >= 4 is 23.4 Å². The molecule has 1 amide bonds. The van der Waals surface area contributed by atoms with Gasteiger partial charge in [-0.3, -0.25) is 4.79 Å². The number of aryl methyl sites for hydroxylation is 2. The maximum absolute atomic E-state index is 13.9. The molecule has 0 saturated heterocycles. The highest BCUT2D eigenvalue weighted by Gasteiger charge is 2.15. The van der Waals surface area contributed by atoms with Gasteiger partial charge >= 0.3 is 0 Å². The van der Waals surface area contributed by atoms with Gasteiger partial charge in [0.25, 0.3) is 0 Å². The van der Waals surface area contributed by atoms with E-state index < -0.39 is 11.6 Å². The van der Waals surface area contributed by atoms with Gasteiger partial charge in [0.2, 0.25) is 11.1 Å². The summed E-state index contributed by atoms with van der Waals surface area (Å²) in [6, 6.07) is 8.84. The van der Waals surface area contributed by atoms with Gasteiger partial charge in [0, 0.05) is 11.8 Å². The lowest BCUT2D eigenvalue weighted by atomic mass is 10.1. The van der Waals surface area contributed by atoms with Gasteiger partial charge < -0.3 is 5.32 Å². The number of aromatic nitrogens is 4. The second-order valence-corrected chi connectivity index (χ2v) is 6.52. The Balaban J connectivity index is 1.71. The fourth-order valence-corrected chi connectivity index (χ4v) is 3.07. The molecule has 0 aliphatic carbocycles. The summed E-state index contributed by atoms with van der Waals surface area (Å²) in [4.78, 5) is 12.2. The molecule has 0 spiro atoms. The van der Waals surface area contributed by atoms with Crippen molar-refractivity contribution in [1.29, 1.82) is 0 Å². The molecule has 3 rings (SSSR count). The van der Waals surface area contributed by atoms with Crippen molar-refractivity contribution in [3.05, 3.63) is 59.2 Å². The second-order valence-electron chi connectivity index (χ2n) is 5.57. The van der Waals surface area contributed by atoms with Crippen LogP contribution in [0.15, 0.2) is 41.6 Å². The van der Waals surface area contributed by atoms with Crippen LogP contribution in [0, 0.1) is 25.5 Å². The number of benzene rings is 2.